The van der Waals surface area contributed by atoms with Gasteiger partial charge in [-0.2, -0.15) is 0 Å². The van der Waals surface area contributed by atoms with E-state index in [1.54, 1.807) is 0 Å². The Bertz CT molecular complexity index is 447. The number of nitrogens with zero attached hydrogens (tertiary/aromatic N) is 1. The molecule has 0 aliphatic carbocycles. The molecule has 1 aromatic rings. The van der Waals surface area contributed by atoms with Gasteiger partial charge in [0.05, 0.1) is 5.25 Å². The fourth-order valence-corrected chi connectivity index (χ4v) is 3.06. The summed E-state index contributed by atoms with van der Waals surface area (Å²) in [7, 11) is 0. The van der Waals surface area contributed by atoms with Crippen LogP contribution in [0.5, 0.6) is 0 Å². The minimum absolute atomic E-state index is 0.112. The molecule has 1 aromatic carbocycles. The van der Waals surface area contributed by atoms with E-state index >= 15 is 0 Å². The number of likely N-dealkylation sites (tertiary alicyclic amines) is 1. The maximum absolute atomic E-state index is 13.1. The van der Waals surface area contributed by atoms with Crippen LogP contribution in [0.25, 0.3) is 0 Å². The summed E-state index contributed by atoms with van der Waals surface area (Å²) in [6.07, 6.45) is 2.15. The molecule has 18 heavy (non-hydrogen) atoms. The van der Waals surface area contributed by atoms with E-state index in [4.69, 9.17) is 5.73 Å². The van der Waals surface area contributed by atoms with Gasteiger partial charge in [0.15, 0.2) is 0 Å². The minimum atomic E-state index is -0.326. The van der Waals surface area contributed by atoms with Crippen molar-refractivity contribution in [3.8, 4) is 0 Å². The van der Waals surface area contributed by atoms with Gasteiger partial charge < -0.3 is 10.6 Å². The molecule has 1 aliphatic heterocycles. The molecule has 0 spiro atoms. The Labute approximate surface area is 111 Å². The Kier molecular flexibility index (Phi) is 4.11. The molecule has 2 N–H and O–H groups in total. The maximum Gasteiger partial charge on any atom is 0.235 e. The molecule has 98 valence electrons. The number of benzene rings is 1. The van der Waals surface area contributed by atoms with Gasteiger partial charge >= 0.3 is 0 Å². The van der Waals surface area contributed by atoms with Gasteiger partial charge in [0.25, 0.3) is 0 Å². The van der Waals surface area contributed by atoms with Crippen LogP contribution in [0.15, 0.2) is 23.1 Å². The Balaban J connectivity index is 2.03. The van der Waals surface area contributed by atoms with Crippen LogP contribution in [0.2, 0.25) is 0 Å². The fraction of sp³-hybridized carbons (Fsp3) is 0.462. The van der Waals surface area contributed by atoms with Crippen molar-refractivity contribution in [2.24, 2.45) is 0 Å². The van der Waals surface area contributed by atoms with Crippen molar-refractivity contribution in [3.05, 3.63) is 24.0 Å². The van der Waals surface area contributed by atoms with Crippen LogP contribution in [-0.2, 0) is 4.79 Å². The molecule has 1 amide bonds. The number of rotatable bonds is 3. The highest BCUT2D eigenvalue weighted by Gasteiger charge is 2.24. The normalized spacial score (nSPS) is 16.9. The Morgan fingerprint density at radius 3 is 2.78 bits per heavy atom. The lowest BCUT2D eigenvalue weighted by Gasteiger charge is -2.20. The molecule has 0 saturated carbocycles. The van der Waals surface area contributed by atoms with Gasteiger partial charge in [-0.25, -0.2) is 4.39 Å². The summed E-state index contributed by atoms with van der Waals surface area (Å²) in [4.78, 5) is 14.6. The standard InChI is InChI=1S/C13H17FN2OS/c1-9(13(17)16-6-2-3-7-16)18-12-8-10(14)4-5-11(12)15/h4-5,8-9H,2-3,6-7,15H2,1H3. The highest BCUT2D eigenvalue weighted by atomic mass is 32.2. The third-order valence-corrected chi connectivity index (χ3v) is 4.21. The van der Waals surface area contributed by atoms with Crippen molar-refractivity contribution in [3.63, 3.8) is 0 Å². The van der Waals surface area contributed by atoms with Crippen LogP contribution < -0.4 is 5.73 Å². The van der Waals surface area contributed by atoms with Crippen LogP contribution in [0.1, 0.15) is 19.8 Å². The average Bonchev–Trinajstić information content (AvgIpc) is 2.86. The van der Waals surface area contributed by atoms with Crippen molar-refractivity contribution >= 4 is 23.4 Å². The zero-order valence-electron chi connectivity index (χ0n) is 10.4. The predicted molar refractivity (Wildman–Crippen MR) is 71.9 cm³/mol. The first-order valence-electron chi connectivity index (χ1n) is 6.08. The van der Waals surface area contributed by atoms with E-state index in [1.807, 2.05) is 11.8 Å². The second-order valence-electron chi connectivity index (χ2n) is 4.47. The van der Waals surface area contributed by atoms with E-state index in [2.05, 4.69) is 0 Å². The van der Waals surface area contributed by atoms with E-state index in [0.717, 1.165) is 25.9 Å². The number of hydrogen-bond donors (Lipinski definition) is 1. The molecular formula is C13H17FN2OS. The second-order valence-corrected chi connectivity index (χ2v) is 5.86. The van der Waals surface area contributed by atoms with Gasteiger partial charge in [-0.05, 0) is 38.0 Å². The van der Waals surface area contributed by atoms with Crippen molar-refractivity contribution in [1.29, 1.82) is 0 Å². The summed E-state index contributed by atoms with van der Waals surface area (Å²) < 4.78 is 13.1. The van der Waals surface area contributed by atoms with Gasteiger partial charge in [-0.1, -0.05) is 0 Å². The quantitative estimate of drug-likeness (QED) is 0.677. The average molecular weight is 268 g/mol. The number of amides is 1. The van der Waals surface area contributed by atoms with Crippen molar-refractivity contribution in [2.45, 2.75) is 29.9 Å². The molecule has 1 unspecified atom stereocenters. The zero-order chi connectivity index (χ0) is 13.1. The summed E-state index contributed by atoms with van der Waals surface area (Å²) >= 11 is 1.32. The molecule has 1 saturated heterocycles. The number of halogens is 1. The minimum Gasteiger partial charge on any atom is -0.398 e. The number of carbonyl (C=O) groups is 1. The number of nitrogen functional groups attached to an aromatic ring is 1. The third kappa shape index (κ3) is 2.96. The number of carbonyl (C=O) groups excluding carboxylic acids is 1. The molecule has 2 rings (SSSR count). The zero-order valence-corrected chi connectivity index (χ0v) is 11.2. The summed E-state index contributed by atoms with van der Waals surface area (Å²) in [5.41, 5.74) is 6.30. The summed E-state index contributed by atoms with van der Waals surface area (Å²) in [6.45, 7) is 3.51. The van der Waals surface area contributed by atoms with Crippen molar-refractivity contribution in [2.75, 3.05) is 18.8 Å². The van der Waals surface area contributed by atoms with Crippen LogP contribution in [0.3, 0.4) is 0 Å². The van der Waals surface area contributed by atoms with Gasteiger partial charge in [0.1, 0.15) is 5.82 Å². The molecule has 0 radical (unpaired) electrons. The summed E-state index contributed by atoms with van der Waals surface area (Å²) in [5.74, 6) is -0.214. The SMILES string of the molecule is CC(Sc1cc(F)ccc1N)C(=O)N1CCCC1. The second kappa shape index (κ2) is 5.61. The first-order chi connectivity index (χ1) is 8.58. The molecule has 1 heterocycles. The lowest BCUT2D eigenvalue weighted by atomic mass is 10.3. The highest BCUT2D eigenvalue weighted by molar-refractivity contribution is 8.00. The molecule has 5 heteroatoms. The molecule has 0 bridgehead atoms. The van der Waals surface area contributed by atoms with E-state index in [1.165, 1.54) is 30.0 Å². The van der Waals surface area contributed by atoms with E-state index < -0.39 is 0 Å². The van der Waals surface area contributed by atoms with Crippen molar-refractivity contribution in [1.82, 2.24) is 4.90 Å². The van der Waals surface area contributed by atoms with Crippen LogP contribution >= 0.6 is 11.8 Å². The highest BCUT2D eigenvalue weighted by Crippen LogP contribution is 2.30. The van der Waals surface area contributed by atoms with Gasteiger partial charge in [0, 0.05) is 23.7 Å². The van der Waals surface area contributed by atoms with Gasteiger partial charge in [0.2, 0.25) is 5.91 Å². The number of hydrogen-bond acceptors (Lipinski definition) is 3. The molecule has 3 nitrogen and oxygen atoms in total. The Hall–Kier alpha value is -1.23. The molecule has 0 aromatic heterocycles. The first-order valence-corrected chi connectivity index (χ1v) is 6.96. The number of anilines is 1. The van der Waals surface area contributed by atoms with Crippen molar-refractivity contribution < 1.29 is 9.18 Å². The Morgan fingerprint density at radius 2 is 2.11 bits per heavy atom. The predicted octanol–water partition coefficient (Wildman–Crippen LogP) is 2.51. The van der Waals surface area contributed by atoms with E-state index in [-0.39, 0.29) is 17.0 Å². The number of thioether (sulfide) groups is 1. The number of nitrogens with two attached hydrogens (primary N) is 1. The molecule has 1 aliphatic rings. The van der Waals surface area contributed by atoms with Crippen LogP contribution in [0.4, 0.5) is 10.1 Å². The topological polar surface area (TPSA) is 46.3 Å². The molecular weight excluding hydrogens is 251 g/mol. The Morgan fingerprint density at radius 1 is 1.44 bits per heavy atom. The maximum atomic E-state index is 13.1. The smallest absolute Gasteiger partial charge is 0.235 e. The van der Waals surface area contributed by atoms with E-state index in [0.29, 0.717) is 10.6 Å². The van der Waals surface area contributed by atoms with Crippen LogP contribution in [-0.4, -0.2) is 29.1 Å². The third-order valence-electron chi connectivity index (χ3n) is 3.04. The monoisotopic (exact) mass is 268 g/mol. The first kappa shape index (κ1) is 13.2. The molecule has 1 atom stereocenters. The van der Waals surface area contributed by atoms with E-state index in [9.17, 15) is 9.18 Å². The fourth-order valence-electron chi connectivity index (χ4n) is 2.05. The lowest BCUT2D eigenvalue weighted by Crippen LogP contribution is -2.34. The lowest BCUT2D eigenvalue weighted by molar-refractivity contribution is -0.129. The van der Waals surface area contributed by atoms with Gasteiger partial charge in [-0.3, -0.25) is 4.79 Å². The largest absolute Gasteiger partial charge is 0.398 e. The summed E-state index contributed by atoms with van der Waals surface area (Å²) in [5, 5.41) is -0.229. The molecule has 1 fully saturated rings. The van der Waals surface area contributed by atoms with Crippen LogP contribution in [0, 0.1) is 5.82 Å². The van der Waals surface area contributed by atoms with Gasteiger partial charge in [-0.15, -0.1) is 11.8 Å². The summed E-state index contributed by atoms with van der Waals surface area (Å²) in [6, 6.07) is 4.24.